The maximum atomic E-state index is 15.3. The van der Waals surface area contributed by atoms with Gasteiger partial charge < -0.3 is 8.98 Å². The Balaban J connectivity index is 1.36. The van der Waals surface area contributed by atoms with Gasteiger partial charge in [-0.1, -0.05) is 48.5 Å². The van der Waals surface area contributed by atoms with Gasteiger partial charge in [0.15, 0.2) is 0 Å². The fourth-order valence-electron chi connectivity index (χ4n) is 6.14. The molecule has 7 rings (SSSR count). The van der Waals surface area contributed by atoms with Crippen LogP contribution in [0.15, 0.2) is 89.7 Å². The van der Waals surface area contributed by atoms with Crippen LogP contribution in [-0.2, 0) is 16.1 Å². The van der Waals surface area contributed by atoms with E-state index in [1.54, 1.807) is 12.1 Å². The molecular formula is C32H26FN3O3. The molecule has 2 aromatic heterocycles. The van der Waals surface area contributed by atoms with Crippen molar-refractivity contribution >= 4 is 44.8 Å². The lowest BCUT2D eigenvalue weighted by atomic mass is 9.94. The molecule has 0 saturated carbocycles. The van der Waals surface area contributed by atoms with Crippen LogP contribution in [0.1, 0.15) is 35.6 Å². The SMILES string of the molecule is O=C1NC(=O)C(c2c(F)ccc3ccoc23)=C1c1cn(C2CCCN(Cc3ccccc3)C2)c2ccccc12. The largest absolute Gasteiger partial charge is 0.464 e. The molecule has 1 fully saturated rings. The van der Waals surface area contributed by atoms with E-state index in [1.165, 1.54) is 17.9 Å². The van der Waals surface area contributed by atoms with Crippen molar-refractivity contribution in [2.45, 2.75) is 25.4 Å². The van der Waals surface area contributed by atoms with Crippen molar-refractivity contribution in [3.63, 3.8) is 0 Å². The minimum absolute atomic E-state index is 0.00954. The number of furan rings is 1. The topological polar surface area (TPSA) is 67.5 Å². The van der Waals surface area contributed by atoms with E-state index in [-0.39, 0.29) is 28.3 Å². The summed E-state index contributed by atoms with van der Waals surface area (Å²) in [5, 5.41) is 3.92. The summed E-state index contributed by atoms with van der Waals surface area (Å²) in [5.74, 6) is -1.76. The summed E-state index contributed by atoms with van der Waals surface area (Å²) < 4.78 is 23.1. The molecule has 5 aromatic rings. The lowest BCUT2D eigenvalue weighted by Crippen LogP contribution is -2.35. The summed E-state index contributed by atoms with van der Waals surface area (Å²) >= 11 is 0. The lowest BCUT2D eigenvalue weighted by Gasteiger charge is -2.34. The number of carbonyl (C=O) groups excluding carboxylic acids is 2. The Morgan fingerprint density at radius 1 is 0.923 bits per heavy atom. The molecule has 6 nitrogen and oxygen atoms in total. The second-order valence-electron chi connectivity index (χ2n) is 10.3. The van der Waals surface area contributed by atoms with Crippen LogP contribution < -0.4 is 5.32 Å². The Morgan fingerprint density at radius 2 is 1.72 bits per heavy atom. The molecule has 39 heavy (non-hydrogen) atoms. The van der Waals surface area contributed by atoms with Crippen LogP contribution in [0.5, 0.6) is 0 Å². The number of para-hydroxylation sites is 1. The number of amides is 2. The monoisotopic (exact) mass is 519 g/mol. The minimum Gasteiger partial charge on any atom is -0.464 e. The molecule has 2 aliphatic heterocycles. The number of nitrogens with zero attached hydrogens (tertiary/aromatic N) is 2. The van der Waals surface area contributed by atoms with Crippen molar-refractivity contribution < 1.29 is 18.4 Å². The van der Waals surface area contributed by atoms with Gasteiger partial charge in [0.05, 0.1) is 23.0 Å². The van der Waals surface area contributed by atoms with Gasteiger partial charge in [0.25, 0.3) is 11.8 Å². The number of imide groups is 1. The Morgan fingerprint density at radius 3 is 2.59 bits per heavy atom. The zero-order valence-electron chi connectivity index (χ0n) is 21.2. The van der Waals surface area contributed by atoms with Crippen LogP contribution in [0.2, 0.25) is 0 Å². The highest BCUT2D eigenvalue weighted by Crippen LogP contribution is 2.40. The van der Waals surface area contributed by atoms with Gasteiger partial charge in [-0.3, -0.25) is 19.8 Å². The van der Waals surface area contributed by atoms with E-state index in [2.05, 4.69) is 39.0 Å². The van der Waals surface area contributed by atoms with Crippen molar-refractivity contribution in [3.05, 3.63) is 108 Å². The Hall–Kier alpha value is -4.49. The number of nitrogens with one attached hydrogen (secondary N) is 1. The van der Waals surface area contributed by atoms with Gasteiger partial charge in [0.1, 0.15) is 11.4 Å². The Kier molecular flexibility index (Phi) is 5.67. The molecule has 0 radical (unpaired) electrons. The van der Waals surface area contributed by atoms with Gasteiger partial charge in [0.2, 0.25) is 0 Å². The van der Waals surface area contributed by atoms with E-state index in [0.717, 1.165) is 43.4 Å². The van der Waals surface area contributed by atoms with Crippen molar-refractivity contribution in [2.75, 3.05) is 13.1 Å². The fraction of sp³-hybridized carbons (Fsp3) is 0.188. The van der Waals surface area contributed by atoms with Gasteiger partial charge in [-0.15, -0.1) is 0 Å². The van der Waals surface area contributed by atoms with E-state index >= 15 is 4.39 Å². The Bertz CT molecular complexity index is 1780. The predicted molar refractivity (Wildman–Crippen MR) is 148 cm³/mol. The van der Waals surface area contributed by atoms with E-state index in [4.69, 9.17) is 4.42 Å². The number of aromatic nitrogens is 1. The van der Waals surface area contributed by atoms with Crippen molar-refractivity contribution in [1.82, 2.24) is 14.8 Å². The second-order valence-corrected chi connectivity index (χ2v) is 10.3. The molecule has 0 bridgehead atoms. The molecule has 4 heterocycles. The van der Waals surface area contributed by atoms with Crippen LogP contribution >= 0.6 is 0 Å². The summed E-state index contributed by atoms with van der Waals surface area (Å²) in [7, 11) is 0. The average Bonchev–Trinajstić information content (AvgIpc) is 3.65. The maximum absolute atomic E-state index is 15.3. The van der Waals surface area contributed by atoms with Gasteiger partial charge in [-0.25, -0.2) is 4.39 Å². The first-order valence-electron chi connectivity index (χ1n) is 13.2. The summed E-state index contributed by atoms with van der Waals surface area (Å²) in [6.07, 6.45) is 5.48. The third-order valence-electron chi connectivity index (χ3n) is 7.88. The van der Waals surface area contributed by atoms with Gasteiger partial charge in [-0.2, -0.15) is 0 Å². The average molecular weight is 520 g/mol. The number of carbonyl (C=O) groups is 2. The number of benzene rings is 3. The normalized spacial score (nSPS) is 18.4. The number of likely N-dealkylation sites (tertiary alicyclic amines) is 1. The molecule has 0 spiro atoms. The summed E-state index contributed by atoms with van der Waals surface area (Å²) in [4.78, 5) is 28.9. The van der Waals surface area contributed by atoms with Crippen LogP contribution in [0, 0.1) is 5.82 Å². The number of rotatable bonds is 5. The Labute approximate surface area is 224 Å². The van der Waals surface area contributed by atoms with Crippen LogP contribution in [0.3, 0.4) is 0 Å². The fourth-order valence-corrected chi connectivity index (χ4v) is 6.14. The van der Waals surface area contributed by atoms with Gasteiger partial charge >= 0.3 is 0 Å². The van der Waals surface area contributed by atoms with E-state index in [1.807, 2.05) is 36.5 Å². The van der Waals surface area contributed by atoms with Gasteiger partial charge in [0, 0.05) is 47.2 Å². The van der Waals surface area contributed by atoms with Gasteiger partial charge in [-0.05, 0) is 49.2 Å². The first-order valence-corrected chi connectivity index (χ1v) is 13.2. The molecule has 1 N–H and O–H groups in total. The molecule has 1 saturated heterocycles. The van der Waals surface area contributed by atoms with E-state index in [0.29, 0.717) is 10.9 Å². The molecule has 1 atom stereocenters. The third-order valence-corrected chi connectivity index (χ3v) is 7.88. The van der Waals surface area contributed by atoms with Crippen molar-refractivity contribution in [1.29, 1.82) is 0 Å². The quantitative estimate of drug-likeness (QED) is 0.292. The molecule has 2 aliphatic rings. The highest BCUT2D eigenvalue weighted by atomic mass is 19.1. The molecule has 0 aliphatic carbocycles. The molecule has 7 heteroatoms. The summed E-state index contributed by atoms with van der Waals surface area (Å²) in [6, 6.07) is 23.1. The number of hydrogen-bond acceptors (Lipinski definition) is 4. The van der Waals surface area contributed by atoms with Crippen LogP contribution in [0.4, 0.5) is 4.39 Å². The highest BCUT2D eigenvalue weighted by molar-refractivity contribution is 6.50. The maximum Gasteiger partial charge on any atom is 0.259 e. The smallest absolute Gasteiger partial charge is 0.259 e. The van der Waals surface area contributed by atoms with Crippen LogP contribution in [0.25, 0.3) is 33.0 Å². The first-order chi connectivity index (χ1) is 19.1. The molecule has 3 aromatic carbocycles. The van der Waals surface area contributed by atoms with Crippen LogP contribution in [-0.4, -0.2) is 34.4 Å². The summed E-state index contributed by atoms with van der Waals surface area (Å²) in [5.41, 5.74) is 3.33. The number of halogens is 1. The lowest BCUT2D eigenvalue weighted by molar-refractivity contribution is -0.122. The molecule has 1 unspecified atom stereocenters. The third kappa shape index (κ3) is 3.97. The zero-order valence-corrected chi connectivity index (χ0v) is 21.2. The number of piperidine rings is 1. The van der Waals surface area contributed by atoms with E-state index < -0.39 is 17.6 Å². The molecular weight excluding hydrogens is 493 g/mol. The standard InChI is InChI=1S/C32H26FN3O3/c33-25-13-12-21-14-16-39-30(21)28(25)29-27(31(37)34-32(29)38)24-19-36(26-11-5-4-10-23(24)26)22-9-6-15-35(18-22)17-20-7-2-1-3-8-20/h1-5,7-8,10-14,16,19,22H,6,9,15,17-18H2,(H,34,37,38). The first kappa shape index (κ1) is 23.6. The second kappa shape index (κ2) is 9.36. The molecule has 194 valence electrons. The van der Waals surface area contributed by atoms with Crippen molar-refractivity contribution in [3.8, 4) is 0 Å². The number of hydrogen-bond donors (Lipinski definition) is 1. The zero-order chi connectivity index (χ0) is 26.5. The number of fused-ring (bicyclic) bond motifs is 2. The minimum atomic E-state index is -0.624. The molecule has 2 amide bonds. The predicted octanol–water partition coefficient (Wildman–Crippen LogP) is 5.93. The highest BCUT2D eigenvalue weighted by Gasteiger charge is 2.37. The van der Waals surface area contributed by atoms with Crippen molar-refractivity contribution in [2.24, 2.45) is 0 Å². The van der Waals surface area contributed by atoms with E-state index in [9.17, 15) is 9.59 Å². The summed E-state index contributed by atoms with van der Waals surface area (Å²) in [6.45, 7) is 2.77.